The number of likely N-dealkylation sites (N-methyl/N-ethyl adjacent to an activating group) is 1. The van der Waals surface area contributed by atoms with E-state index in [9.17, 15) is 4.39 Å². The summed E-state index contributed by atoms with van der Waals surface area (Å²) in [5.41, 5.74) is 0. The zero-order chi connectivity index (χ0) is 6.85. The third kappa shape index (κ3) is 2.08. The third-order valence-electron chi connectivity index (χ3n) is 1.85. The Morgan fingerprint density at radius 2 is 2.30 bits per heavy atom. The predicted molar refractivity (Wildman–Crippen MR) is 40.3 cm³/mol. The second-order valence-electron chi connectivity index (χ2n) is 2.61. The molecular weight excluding hydrogens is 157 g/mol. The quantitative estimate of drug-likeness (QED) is 0.616. The van der Waals surface area contributed by atoms with Gasteiger partial charge in [0.2, 0.25) is 0 Å². The molecular formula is C6H13ClFNO. The van der Waals surface area contributed by atoms with Crippen LogP contribution in [0.2, 0.25) is 0 Å². The lowest BCUT2D eigenvalue weighted by molar-refractivity contribution is 0.182. The van der Waals surface area contributed by atoms with Crippen LogP contribution in [0, 0.1) is 0 Å². The van der Waals surface area contributed by atoms with Crippen molar-refractivity contribution in [2.45, 2.75) is 18.6 Å². The lowest BCUT2D eigenvalue weighted by Gasteiger charge is -2.14. The number of nitrogens with zero attached hydrogens (tertiary/aromatic N) is 1. The van der Waals surface area contributed by atoms with Gasteiger partial charge < -0.3 is 5.11 Å². The SMILES string of the molecule is CN1C[C@@H](F)C[C@H]1CO.Cl. The number of aliphatic hydroxyl groups excluding tert-OH is 1. The highest BCUT2D eigenvalue weighted by Crippen LogP contribution is 2.17. The van der Waals surface area contributed by atoms with Crippen LogP contribution >= 0.6 is 12.4 Å². The molecule has 0 aromatic heterocycles. The summed E-state index contributed by atoms with van der Waals surface area (Å²) in [6, 6.07) is 0.0556. The summed E-state index contributed by atoms with van der Waals surface area (Å²) in [5.74, 6) is 0. The summed E-state index contributed by atoms with van der Waals surface area (Å²) >= 11 is 0. The van der Waals surface area contributed by atoms with Gasteiger partial charge in [-0.3, -0.25) is 4.90 Å². The summed E-state index contributed by atoms with van der Waals surface area (Å²) in [4.78, 5) is 1.85. The summed E-state index contributed by atoms with van der Waals surface area (Å²) in [6.45, 7) is 0.558. The van der Waals surface area contributed by atoms with Crippen molar-refractivity contribution < 1.29 is 9.50 Å². The van der Waals surface area contributed by atoms with Crippen molar-refractivity contribution in [3.63, 3.8) is 0 Å². The van der Waals surface area contributed by atoms with Crippen LogP contribution in [0.25, 0.3) is 0 Å². The molecule has 2 atom stereocenters. The molecule has 0 amide bonds. The minimum atomic E-state index is -0.729. The fraction of sp³-hybridized carbons (Fsp3) is 1.00. The highest BCUT2D eigenvalue weighted by atomic mass is 35.5. The van der Waals surface area contributed by atoms with Gasteiger partial charge in [0, 0.05) is 12.6 Å². The summed E-state index contributed by atoms with van der Waals surface area (Å²) < 4.78 is 12.5. The Morgan fingerprint density at radius 1 is 1.70 bits per heavy atom. The Kier molecular flexibility index (Phi) is 4.17. The smallest absolute Gasteiger partial charge is 0.114 e. The molecule has 62 valence electrons. The van der Waals surface area contributed by atoms with Crippen LogP contribution < -0.4 is 0 Å². The van der Waals surface area contributed by atoms with Crippen LogP contribution in [-0.2, 0) is 0 Å². The molecule has 0 bridgehead atoms. The normalized spacial score (nSPS) is 33.9. The van der Waals surface area contributed by atoms with Crippen molar-refractivity contribution >= 4 is 12.4 Å². The van der Waals surface area contributed by atoms with Gasteiger partial charge in [0.05, 0.1) is 6.61 Å². The van der Waals surface area contributed by atoms with Crippen LogP contribution in [-0.4, -0.2) is 42.4 Å². The van der Waals surface area contributed by atoms with Crippen molar-refractivity contribution in [2.24, 2.45) is 0 Å². The molecule has 1 aliphatic rings. The molecule has 4 heteroatoms. The van der Waals surface area contributed by atoms with Gasteiger partial charge in [-0.1, -0.05) is 0 Å². The predicted octanol–water partition coefficient (Wildman–Crippen LogP) is 0.443. The van der Waals surface area contributed by atoms with Crippen LogP contribution in [0.3, 0.4) is 0 Å². The van der Waals surface area contributed by atoms with Crippen molar-refractivity contribution in [1.29, 1.82) is 0 Å². The fourth-order valence-corrected chi connectivity index (χ4v) is 1.23. The fourth-order valence-electron chi connectivity index (χ4n) is 1.23. The highest BCUT2D eigenvalue weighted by molar-refractivity contribution is 5.85. The van der Waals surface area contributed by atoms with Crippen molar-refractivity contribution in [3.8, 4) is 0 Å². The Labute approximate surface area is 66.4 Å². The first kappa shape index (κ1) is 10.1. The number of hydrogen-bond donors (Lipinski definition) is 1. The number of rotatable bonds is 1. The van der Waals surface area contributed by atoms with Gasteiger partial charge in [-0.25, -0.2) is 4.39 Å². The maximum atomic E-state index is 12.5. The molecule has 0 aliphatic carbocycles. The number of hydrogen-bond acceptors (Lipinski definition) is 2. The van der Waals surface area contributed by atoms with Gasteiger partial charge in [-0.15, -0.1) is 12.4 Å². The minimum Gasteiger partial charge on any atom is -0.395 e. The summed E-state index contributed by atoms with van der Waals surface area (Å²) in [7, 11) is 1.83. The topological polar surface area (TPSA) is 23.5 Å². The molecule has 0 unspecified atom stereocenters. The first-order chi connectivity index (χ1) is 4.24. The second kappa shape index (κ2) is 4.11. The van der Waals surface area contributed by atoms with E-state index in [0.29, 0.717) is 13.0 Å². The number of halogens is 2. The molecule has 1 N–H and O–H groups in total. The molecule has 0 spiro atoms. The van der Waals surface area contributed by atoms with E-state index in [-0.39, 0.29) is 25.1 Å². The average molecular weight is 170 g/mol. The molecule has 1 heterocycles. The molecule has 2 nitrogen and oxygen atoms in total. The van der Waals surface area contributed by atoms with Gasteiger partial charge in [0.1, 0.15) is 6.17 Å². The number of aliphatic hydroxyl groups is 1. The zero-order valence-corrected chi connectivity index (χ0v) is 6.77. The Bertz CT molecular complexity index is 104. The molecule has 0 saturated carbocycles. The van der Waals surface area contributed by atoms with Crippen LogP contribution in [0.1, 0.15) is 6.42 Å². The van der Waals surface area contributed by atoms with Crippen LogP contribution in [0.5, 0.6) is 0 Å². The largest absolute Gasteiger partial charge is 0.395 e. The Morgan fingerprint density at radius 3 is 2.50 bits per heavy atom. The first-order valence-corrected chi connectivity index (χ1v) is 3.19. The van der Waals surface area contributed by atoms with E-state index < -0.39 is 6.17 Å². The number of alkyl halides is 1. The van der Waals surface area contributed by atoms with E-state index in [0.717, 1.165) is 0 Å². The van der Waals surface area contributed by atoms with Crippen LogP contribution in [0.4, 0.5) is 4.39 Å². The van der Waals surface area contributed by atoms with E-state index in [4.69, 9.17) is 5.11 Å². The standard InChI is InChI=1S/C6H12FNO.ClH/c1-8-3-5(7)2-6(8)4-9;/h5-6,9H,2-4H2,1H3;1H/t5-,6-;/m0./s1. The van der Waals surface area contributed by atoms with E-state index in [2.05, 4.69) is 0 Å². The monoisotopic (exact) mass is 169 g/mol. The summed E-state index contributed by atoms with van der Waals surface area (Å²) in [5, 5.41) is 8.65. The molecule has 0 aromatic rings. The Balaban J connectivity index is 0.000000810. The Hall–Kier alpha value is 0.140. The zero-order valence-electron chi connectivity index (χ0n) is 5.96. The van der Waals surface area contributed by atoms with Gasteiger partial charge in [0.15, 0.2) is 0 Å². The summed E-state index contributed by atoms with van der Waals surface area (Å²) in [6.07, 6.45) is -0.236. The van der Waals surface area contributed by atoms with Gasteiger partial charge in [-0.2, -0.15) is 0 Å². The van der Waals surface area contributed by atoms with Crippen molar-refractivity contribution in [3.05, 3.63) is 0 Å². The molecule has 1 rings (SSSR count). The van der Waals surface area contributed by atoms with E-state index in [1.807, 2.05) is 11.9 Å². The maximum absolute atomic E-state index is 12.5. The van der Waals surface area contributed by atoms with Gasteiger partial charge in [-0.05, 0) is 13.5 Å². The molecule has 0 radical (unpaired) electrons. The van der Waals surface area contributed by atoms with E-state index in [1.54, 1.807) is 0 Å². The lowest BCUT2D eigenvalue weighted by atomic mass is 10.2. The number of likely N-dealkylation sites (tertiary alicyclic amines) is 1. The lowest BCUT2D eigenvalue weighted by Crippen LogP contribution is -2.27. The van der Waals surface area contributed by atoms with Crippen molar-refractivity contribution in [1.82, 2.24) is 4.90 Å². The minimum absolute atomic E-state index is 0. The molecule has 1 saturated heterocycles. The maximum Gasteiger partial charge on any atom is 0.114 e. The second-order valence-corrected chi connectivity index (χ2v) is 2.61. The van der Waals surface area contributed by atoms with E-state index in [1.165, 1.54) is 0 Å². The van der Waals surface area contributed by atoms with E-state index >= 15 is 0 Å². The van der Waals surface area contributed by atoms with Gasteiger partial charge >= 0.3 is 0 Å². The first-order valence-electron chi connectivity index (χ1n) is 3.19. The molecule has 10 heavy (non-hydrogen) atoms. The third-order valence-corrected chi connectivity index (χ3v) is 1.85. The average Bonchev–Trinajstić information content (AvgIpc) is 2.10. The highest BCUT2D eigenvalue weighted by Gasteiger charge is 2.28. The molecule has 0 aromatic carbocycles. The van der Waals surface area contributed by atoms with Crippen molar-refractivity contribution in [2.75, 3.05) is 20.2 Å². The molecule has 1 fully saturated rings. The van der Waals surface area contributed by atoms with Crippen LogP contribution in [0.15, 0.2) is 0 Å². The molecule has 1 aliphatic heterocycles. The van der Waals surface area contributed by atoms with Gasteiger partial charge in [0.25, 0.3) is 0 Å².